The van der Waals surface area contributed by atoms with Crippen LogP contribution in [-0.2, 0) is 0 Å². The van der Waals surface area contributed by atoms with Gasteiger partial charge in [0.15, 0.2) is 11.5 Å². The number of nitrogens with zero attached hydrogens (tertiary/aromatic N) is 2. The molecule has 0 radical (unpaired) electrons. The number of carboxylic acids is 1. The lowest BCUT2D eigenvalue weighted by molar-refractivity contribution is 0.0691. The van der Waals surface area contributed by atoms with Gasteiger partial charge in [-0.25, -0.2) is 14.8 Å². The molecule has 1 heterocycles. The number of carbonyl (C=O) groups is 1. The summed E-state index contributed by atoms with van der Waals surface area (Å²) in [5.41, 5.74) is 0.645. The van der Waals surface area contributed by atoms with E-state index in [9.17, 15) is 4.79 Å². The van der Waals surface area contributed by atoms with Crippen molar-refractivity contribution in [1.82, 2.24) is 9.97 Å². The van der Waals surface area contributed by atoms with Crippen molar-refractivity contribution in [3.63, 3.8) is 0 Å². The van der Waals surface area contributed by atoms with Gasteiger partial charge in [-0.05, 0) is 24.3 Å². The second-order valence-electron chi connectivity index (χ2n) is 3.19. The Labute approximate surface area is 106 Å². The Kier molecular flexibility index (Phi) is 3.34. The highest BCUT2D eigenvalue weighted by atomic mass is 79.9. The molecule has 0 spiro atoms. The summed E-state index contributed by atoms with van der Waals surface area (Å²) in [5, 5.41) is 11.8. The molecule has 17 heavy (non-hydrogen) atoms. The highest BCUT2D eigenvalue weighted by Gasteiger charge is 2.12. The molecule has 6 heteroatoms. The molecule has 1 aromatic carbocycles. The van der Waals surface area contributed by atoms with Gasteiger partial charge in [-0.2, -0.15) is 0 Å². The van der Waals surface area contributed by atoms with Crippen LogP contribution in [0.4, 0.5) is 11.5 Å². The summed E-state index contributed by atoms with van der Waals surface area (Å²) >= 11 is 3.32. The van der Waals surface area contributed by atoms with Crippen molar-refractivity contribution in [2.45, 2.75) is 0 Å². The van der Waals surface area contributed by atoms with Crippen molar-refractivity contribution in [2.75, 3.05) is 5.32 Å². The first-order chi connectivity index (χ1) is 8.16. The van der Waals surface area contributed by atoms with E-state index in [0.717, 1.165) is 10.2 Å². The topological polar surface area (TPSA) is 75.1 Å². The number of nitrogens with one attached hydrogen (secondary N) is 1. The minimum atomic E-state index is -1.11. The number of carboxylic acid groups (broad SMARTS) is 1. The minimum absolute atomic E-state index is 0.101. The zero-order valence-corrected chi connectivity index (χ0v) is 10.2. The summed E-state index contributed by atoms with van der Waals surface area (Å²) in [6.07, 6.45) is 2.78. The minimum Gasteiger partial charge on any atom is -0.476 e. The molecular formula is C11H8BrN3O2. The second-order valence-corrected chi connectivity index (χ2v) is 4.11. The first kappa shape index (κ1) is 11.5. The number of hydrogen-bond donors (Lipinski definition) is 2. The summed E-state index contributed by atoms with van der Waals surface area (Å²) in [4.78, 5) is 18.6. The fourth-order valence-corrected chi connectivity index (χ4v) is 1.52. The Hall–Kier alpha value is -1.95. The maximum absolute atomic E-state index is 10.9. The fourth-order valence-electron chi connectivity index (χ4n) is 1.26. The molecule has 86 valence electrons. The Morgan fingerprint density at radius 1 is 1.18 bits per heavy atom. The van der Waals surface area contributed by atoms with Gasteiger partial charge in [-0.1, -0.05) is 15.9 Å². The van der Waals surface area contributed by atoms with Gasteiger partial charge in [-0.15, -0.1) is 0 Å². The van der Waals surface area contributed by atoms with E-state index >= 15 is 0 Å². The average Bonchev–Trinajstić information content (AvgIpc) is 2.32. The van der Waals surface area contributed by atoms with E-state index in [1.165, 1.54) is 12.4 Å². The van der Waals surface area contributed by atoms with Crippen LogP contribution in [0.25, 0.3) is 0 Å². The number of rotatable bonds is 3. The highest BCUT2D eigenvalue weighted by Crippen LogP contribution is 2.19. The molecule has 0 aliphatic heterocycles. The van der Waals surface area contributed by atoms with Crippen LogP contribution >= 0.6 is 15.9 Å². The third kappa shape index (κ3) is 2.79. The van der Waals surface area contributed by atoms with Gasteiger partial charge in [0.05, 0.1) is 0 Å². The molecular weight excluding hydrogens is 286 g/mol. The molecule has 1 aromatic heterocycles. The molecule has 5 nitrogen and oxygen atoms in total. The normalized spacial score (nSPS) is 9.94. The van der Waals surface area contributed by atoms with E-state index in [-0.39, 0.29) is 11.5 Å². The van der Waals surface area contributed by atoms with Crippen LogP contribution in [0.3, 0.4) is 0 Å². The zero-order valence-electron chi connectivity index (χ0n) is 8.59. The number of aromatic carboxylic acids is 1. The lowest BCUT2D eigenvalue weighted by Gasteiger charge is -2.07. The third-order valence-electron chi connectivity index (χ3n) is 2.01. The summed E-state index contributed by atoms with van der Waals surface area (Å²) in [6.45, 7) is 0. The predicted molar refractivity (Wildman–Crippen MR) is 66.4 cm³/mol. The van der Waals surface area contributed by atoms with Crippen LogP contribution in [0.5, 0.6) is 0 Å². The SMILES string of the molecule is O=C(O)c1nccnc1Nc1ccc(Br)cc1. The summed E-state index contributed by atoms with van der Waals surface area (Å²) in [5.74, 6) is -0.889. The quantitative estimate of drug-likeness (QED) is 0.910. The maximum atomic E-state index is 10.9. The van der Waals surface area contributed by atoms with Gasteiger partial charge in [0, 0.05) is 22.6 Å². The van der Waals surface area contributed by atoms with E-state index in [0.29, 0.717) is 0 Å². The van der Waals surface area contributed by atoms with Crippen molar-refractivity contribution >= 4 is 33.4 Å². The van der Waals surface area contributed by atoms with Crippen molar-refractivity contribution in [2.24, 2.45) is 0 Å². The van der Waals surface area contributed by atoms with Crippen molar-refractivity contribution in [3.05, 3.63) is 46.8 Å². The first-order valence-electron chi connectivity index (χ1n) is 4.74. The Morgan fingerprint density at radius 2 is 1.82 bits per heavy atom. The lowest BCUT2D eigenvalue weighted by atomic mass is 10.3. The molecule has 0 fully saturated rings. The summed E-state index contributed by atoms with van der Waals surface area (Å²) in [6, 6.07) is 7.31. The highest BCUT2D eigenvalue weighted by molar-refractivity contribution is 9.10. The van der Waals surface area contributed by atoms with Crippen LogP contribution in [0.15, 0.2) is 41.1 Å². The smallest absolute Gasteiger partial charge is 0.358 e. The largest absolute Gasteiger partial charge is 0.476 e. The maximum Gasteiger partial charge on any atom is 0.358 e. The summed E-state index contributed by atoms with van der Waals surface area (Å²) < 4.78 is 0.945. The fraction of sp³-hybridized carbons (Fsp3) is 0. The second kappa shape index (κ2) is 4.92. The Morgan fingerprint density at radius 3 is 2.47 bits per heavy atom. The number of benzene rings is 1. The van der Waals surface area contributed by atoms with Crippen LogP contribution in [-0.4, -0.2) is 21.0 Å². The van der Waals surface area contributed by atoms with E-state index in [1.807, 2.05) is 24.3 Å². The molecule has 0 aliphatic carbocycles. The molecule has 0 saturated heterocycles. The van der Waals surface area contributed by atoms with Crippen molar-refractivity contribution in [1.29, 1.82) is 0 Å². The van der Waals surface area contributed by atoms with Gasteiger partial charge in [0.2, 0.25) is 0 Å². The van der Waals surface area contributed by atoms with Crippen LogP contribution < -0.4 is 5.32 Å². The van der Waals surface area contributed by atoms with Gasteiger partial charge < -0.3 is 10.4 Å². The molecule has 0 aliphatic rings. The molecule has 0 bridgehead atoms. The number of aromatic nitrogens is 2. The average molecular weight is 294 g/mol. The Balaban J connectivity index is 2.30. The first-order valence-corrected chi connectivity index (χ1v) is 5.53. The van der Waals surface area contributed by atoms with Crippen LogP contribution in [0.1, 0.15) is 10.5 Å². The molecule has 0 unspecified atom stereocenters. The third-order valence-corrected chi connectivity index (χ3v) is 2.54. The molecule has 0 amide bonds. The molecule has 2 N–H and O–H groups in total. The van der Waals surface area contributed by atoms with Crippen LogP contribution in [0.2, 0.25) is 0 Å². The van der Waals surface area contributed by atoms with E-state index < -0.39 is 5.97 Å². The van der Waals surface area contributed by atoms with Crippen molar-refractivity contribution in [3.8, 4) is 0 Å². The van der Waals surface area contributed by atoms with Crippen molar-refractivity contribution < 1.29 is 9.90 Å². The Bertz CT molecular complexity index is 543. The zero-order chi connectivity index (χ0) is 12.3. The lowest BCUT2D eigenvalue weighted by Crippen LogP contribution is -2.06. The van der Waals surface area contributed by atoms with E-state index in [2.05, 4.69) is 31.2 Å². The van der Waals surface area contributed by atoms with Gasteiger partial charge >= 0.3 is 5.97 Å². The van der Waals surface area contributed by atoms with Gasteiger partial charge in [-0.3, -0.25) is 0 Å². The monoisotopic (exact) mass is 293 g/mol. The van der Waals surface area contributed by atoms with Gasteiger partial charge in [0.1, 0.15) is 0 Å². The number of halogens is 1. The molecule has 0 atom stereocenters. The number of anilines is 2. The van der Waals surface area contributed by atoms with E-state index in [4.69, 9.17) is 5.11 Å². The predicted octanol–water partition coefficient (Wildman–Crippen LogP) is 2.68. The van der Waals surface area contributed by atoms with Gasteiger partial charge in [0.25, 0.3) is 0 Å². The van der Waals surface area contributed by atoms with Crippen LogP contribution in [0, 0.1) is 0 Å². The number of hydrogen-bond acceptors (Lipinski definition) is 4. The molecule has 0 saturated carbocycles. The standard InChI is InChI=1S/C11H8BrN3O2/c12-7-1-3-8(4-2-7)15-10-9(11(16)17)13-5-6-14-10/h1-6H,(H,14,15)(H,16,17). The summed E-state index contributed by atoms with van der Waals surface area (Å²) in [7, 11) is 0. The van der Waals surface area contributed by atoms with E-state index in [1.54, 1.807) is 0 Å². The molecule has 2 aromatic rings. The molecule has 2 rings (SSSR count).